The lowest BCUT2D eigenvalue weighted by molar-refractivity contribution is -0.125. The van der Waals surface area contributed by atoms with Gasteiger partial charge in [0.2, 0.25) is 11.8 Å². The van der Waals surface area contributed by atoms with Gasteiger partial charge in [-0.05, 0) is 42.3 Å². The average molecular weight is 389 g/mol. The van der Waals surface area contributed by atoms with Crippen molar-refractivity contribution in [1.29, 1.82) is 0 Å². The molecule has 5 nitrogen and oxygen atoms in total. The second kappa shape index (κ2) is 7.51. The van der Waals surface area contributed by atoms with Crippen LogP contribution in [0.4, 0.5) is 16.2 Å². The molecule has 2 aromatic rings. The molecule has 0 N–H and O–H groups in total. The summed E-state index contributed by atoms with van der Waals surface area (Å²) in [6.45, 7) is 3.43. The molecule has 0 spiro atoms. The van der Waals surface area contributed by atoms with Crippen LogP contribution in [0.25, 0.3) is 0 Å². The summed E-state index contributed by atoms with van der Waals surface area (Å²) in [6, 6.07) is 12.8. The van der Waals surface area contributed by atoms with Crippen LogP contribution in [-0.4, -0.2) is 27.7 Å². The Bertz CT molecular complexity index is 870. The predicted molar refractivity (Wildman–Crippen MR) is 104 cm³/mol. The molecule has 2 aromatic carbocycles. The Balaban J connectivity index is 2.05. The molecule has 0 saturated carbocycles. The number of amides is 3. The first-order valence-electron chi connectivity index (χ1n) is 8.01. The highest BCUT2D eigenvalue weighted by Gasteiger charge is 2.31. The number of benzene rings is 2. The summed E-state index contributed by atoms with van der Waals surface area (Å²) in [6.07, 6.45) is 0. The molecule has 0 atom stereocenters. The van der Waals surface area contributed by atoms with Gasteiger partial charge in [-0.25, -0.2) is 0 Å². The van der Waals surface area contributed by atoms with Crippen molar-refractivity contribution in [2.75, 3.05) is 10.7 Å². The number of carbonyl (C=O) groups excluding carboxylic acids is 3. The standard InChI is InChI=1S/C19H17ClN2O3S/c1-12-15(10-21-18(24)11-26-19(21)25)16(20)8-9-17(12)22(13(2)23)14-6-4-3-5-7-14/h3-9H,10-11H2,1-2H3. The van der Waals surface area contributed by atoms with E-state index in [-0.39, 0.29) is 29.4 Å². The predicted octanol–water partition coefficient (Wildman–Crippen LogP) is 4.53. The Morgan fingerprint density at radius 3 is 2.46 bits per heavy atom. The number of thioether (sulfide) groups is 1. The number of nitrogens with zero attached hydrogens (tertiary/aromatic N) is 2. The van der Waals surface area contributed by atoms with Gasteiger partial charge in [-0.1, -0.05) is 41.6 Å². The third kappa shape index (κ3) is 3.48. The minimum atomic E-state index is -0.276. The number of para-hydroxylation sites is 1. The molecule has 1 aliphatic rings. The fourth-order valence-corrected chi connectivity index (χ4v) is 3.90. The maximum absolute atomic E-state index is 12.3. The maximum atomic E-state index is 12.3. The zero-order valence-electron chi connectivity index (χ0n) is 14.4. The Morgan fingerprint density at radius 1 is 1.19 bits per heavy atom. The fourth-order valence-electron chi connectivity index (χ4n) is 2.91. The van der Waals surface area contributed by atoms with E-state index in [2.05, 4.69) is 0 Å². The van der Waals surface area contributed by atoms with Crippen LogP contribution < -0.4 is 4.90 Å². The molecule has 26 heavy (non-hydrogen) atoms. The summed E-state index contributed by atoms with van der Waals surface area (Å²) < 4.78 is 0. The normalized spacial score (nSPS) is 14.0. The first kappa shape index (κ1) is 18.5. The van der Waals surface area contributed by atoms with Gasteiger partial charge in [-0.2, -0.15) is 0 Å². The van der Waals surface area contributed by atoms with E-state index in [0.29, 0.717) is 16.3 Å². The second-order valence-electron chi connectivity index (χ2n) is 5.89. The smallest absolute Gasteiger partial charge is 0.281 e. The highest BCUT2D eigenvalue weighted by atomic mass is 35.5. The molecular weight excluding hydrogens is 372 g/mol. The summed E-state index contributed by atoms with van der Waals surface area (Å²) in [5.74, 6) is -0.220. The number of rotatable bonds is 4. The summed E-state index contributed by atoms with van der Waals surface area (Å²) in [4.78, 5) is 39.0. The molecule has 0 aromatic heterocycles. The van der Waals surface area contributed by atoms with E-state index in [9.17, 15) is 14.4 Å². The zero-order chi connectivity index (χ0) is 18.8. The van der Waals surface area contributed by atoms with E-state index in [1.165, 1.54) is 11.8 Å². The van der Waals surface area contributed by atoms with Gasteiger partial charge in [-0.15, -0.1) is 0 Å². The minimum Gasteiger partial charge on any atom is -0.281 e. The van der Waals surface area contributed by atoms with Crippen molar-refractivity contribution in [2.45, 2.75) is 20.4 Å². The Morgan fingerprint density at radius 2 is 1.88 bits per heavy atom. The molecule has 1 aliphatic heterocycles. The van der Waals surface area contributed by atoms with Crippen LogP contribution in [0.3, 0.4) is 0 Å². The van der Waals surface area contributed by atoms with E-state index in [1.807, 2.05) is 37.3 Å². The van der Waals surface area contributed by atoms with Crippen LogP contribution in [0, 0.1) is 6.92 Å². The van der Waals surface area contributed by atoms with Gasteiger partial charge in [0.25, 0.3) is 5.24 Å². The van der Waals surface area contributed by atoms with Crippen molar-refractivity contribution in [2.24, 2.45) is 0 Å². The minimum absolute atomic E-state index is 0.101. The number of carbonyl (C=O) groups is 3. The lowest BCUT2D eigenvalue weighted by Gasteiger charge is -2.26. The van der Waals surface area contributed by atoms with Gasteiger partial charge in [0.1, 0.15) is 0 Å². The second-order valence-corrected chi connectivity index (χ2v) is 7.23. The van der Waals surface area contributed by atoms with Crippen molar-refractivity contribution < 1.29 is 14.4 Å². The van der Waals surface area contributed by atoms with Crippen LogP contribution in [0.15, 0.2) is 42.5 Å². The first-order chi connectivity index (χ1) is 12.4. The van der Waals surface area contributed by atoms with Crippen molar-refractivity contribution in [3.05, 3.63) is 58.6 Å². The molecule has 3 amide bonds. The molecule has 0 unspecified atom stereocenters. The van der Waals surface area contributed by atoms with Gasteiger partial charge < -0.3 is 0 Å². The quantitative estimate of drug-likeness (QED) is 0.772. The Kier molecular flexibility index (Phi) is 5.34. The van der Waals surface area contributed by atoms with Gasteiger partial charge in [-0.3, -0.25) is 24.2 Å². The van der Waals surface area contributed by atoms with Gasteiger partial charge >= 0.3 is 0 Å². The van der Waals surface area contributed by atoms with Crippen LogP contribution in [0.2, 0.25) is 5.02 Å². The van der Waals surface area contributed by atoms with Crippen molar-refractivity contribution in [1.82, 2.24) is 4.90 Å². The number of halogens is 1. The molecule has 0 bridgehead atoms. The monoisotopic (exact) mass is 388 g/mol. The molecule has 0 aliphatic carbocycles. The summed E-state index contributed by atoms with van der Waals surface area (Å²) in [5, 5.41) is 0.183. The van der Waals surface area contributed by atoms with E-state index in [1.54, 1.807) is 17.0 Å². The highest BCUT2D eigenvalue weighted by molar-refractivity contribution is 8.14. The van der Waals surface area contributed by atoms with E-state index in [0.717, 1.165) is 23.0 Å². The lowest BCUT2D eigenvalue weighted by atomic mass is 10.0. The maximum Gasteiger partial charge on any atom is 0.289 e. The molecule has 134 valence electrons. The topological polar surface area (TPSA) is 57.7 Å². The number of anilines is 2. The Hall–Kier alpha value is -2.31. The number of hydrogen-bond acceptors (Lipinski definition) is 4. The summed E-state index contributed by atoms with van der Waals surface area (Å²) in [7, 11) is 0. The van der Waals surface area contributed by atoms with E-state index >= 15 is 0 Å². The third-order valence-electron chi connectivity index (χ3n) is 4.24. The zero-order valence-corrected chi connectivity index (χ0v) is 15.9. The average Bonchev–Trinajstić information content (AvgIpc) is 2.93. The third-order valence-corrected chi connectivity index (χ3v) is 5.45. The number of hydrogen-bond donors (Lipinski definition) is 0. The fraction of sp³-hybridized carbons (Fsp3) is 0.211. The largest absolute Gasteiger partial charge is 0.289 e. The summed E-state index contributed by atoms with van der Waals surface area (Å²) in [5.41, 5.74) is 2.83. The van der Waals surface area contributed by atoms with Crippen LogP contribution in [0.5, 0.6) is 0 Å². The molecule has 0 radical (unpaired) electrons. The van der Waals surface area contributed by atoms with Gasteiger partial charge in [0.15, 0.2) is 0 Å². The van der Waals surface area contributed by atoms with Crippen LogP contribution in [0.1, 0.15) is 18.1 Å². The van der Waals surface area contributed by atoms with E-state index in [4.69, 9.17) is 11.6 Å². The van der Waals surface area contributed by atoms with Gasteiger partial charge in [0, 0.05) is 17.6 Å². The highest BCUT2D eigenvalue weighted by Crippen LogP contribution is 2.35. The molecule has 1 heterocycles. The lowest BCUT2D eigenvalue weighted by Crippen LogP contribution is -2.29. The number of imide groups is 1. The van der Waals surface area contributed by atoms with Crippen LogP contribution in [-0.2, 0) is 16.1 Å². The first-order valence-corrected chi connectivity index (χ1v) is 9.37. The van der Waals surface area contributed by atoms with Gasteiger partial charge in [0.05, 0.1) is 18.0 Å². The SMILES string of the molecule is CC(=O)N(c1ccccc1)c1ccc(Cl)c(CN2C(=O)CSC2=O)c1C. The molecular formula is C19H17ClN2O3S. The van der Waals surface area contributed by atoms with Crippen LogP contribution >= 0.6 is 23.4 Å². The molecule has 3 rings (SSSR count). The van der Waals surface area contributed by atoms with Crippen molar-refractivity contribution >= 4 is 51.8 Å². The summed E-state index contributed by atoms with van der Waals surface area (Å²) >= 11 is 7.33. The van der Waals surface area contributed by atoms with Crippen molar-refractivity contribution in [3.8, 4) is 0 Å². The molecule has 1 fully saturated rings. The van der Waals surface area contributed by atoms with Crippen molar-refractivity contribution in [3.63, 3.8) is 0 Å². The molecule has 7 heteroatoms. The van der Waals surface area contributed by atoms with E-state index < -0.39 is 0 Å². The Labute approximate surface area is 160 Å². The molecule has 1 saturated heterocycles.